The summed E-state index contributed by atoms with van der Waals surface area (Å²) in [6, 6.07) is 2.93. The Bertz CT molecular complexity index is 549. The van der Waals surface area contributed by atoms with Gasteiger partial charge in [-0.15, -0.1) is 5.10 Å². The highest BCUT2D eigenvalue weighted by Crippen LogP contribution is 2.15. The molecule has 2 aromatic rings. The summed E-state index contributed by atoms with van der Waals surface area (Å²) in [6.07, 6.45) is 1.73. The highest BCUT2D eigenvalue weighted by Gasteiger charge is 2.06. The quantitative estimate of drug-likeness (QED) is 0.635. The normalized spacial score (nSPS) is 10.9. The molecule has 2 aromatic heterocycles. The number of aromatic nitrogens is 4. The Balaban J connectivity index is 1.99. The van der Waals surface area contributed by atoms with E-state index in [1.807, 2.05) is 0 Å². The molecular weight excluding hydrogens is 319 g/mol. The number of halogens is 2. The SMILES string of the molecule is OCCOCc1cn(Cc2ccc(F)nc2Br)nn1. The summed E-state index contributed by atoms with van der Waals surface area (Å²) in [4.78, 5) is 3.67. The molecule has 0 fully saturated rings. The molecule has 0 unspecified atom stereocenters. The third kappa shape index (κ3) is 4.05. The summed E-state index contributed by atoms with van der Waals surface area (Å²) in [5.41, 5.74) is 1.47. The van der Waals surface area contributed by atoms with Gasteiger partial charge < -0.3 is 9.84 Å². The van der Waals surface area contributed by atoms with Crippen molar-refractivity contribution in [1.29, 1.82) is 0 Å². The fraction of sp³-hybridized carbons (Fsp3) is 0.364. The van der Waals surface area contributed by atoms with E-state index in [0.29, 0.717) is 23.4 Å². The Morgan fingerprint density at radius 1 is 1.42 bits per heavy atom. The van der Waals surface area contributed by atoms with Crippen LogP contribution in [0.4, 0.5) is 4.39 Å². The third-order valence-electron chi connectivity index (χ3n) is 2.30. The fourth-order valence-electron chi connectivity index (χ4n) is 1.46. The average Bonchev–Trinajstić information content (AvgIpc) is 2.81. The van der Waals surface area contributed by atoms with Gasteiger partial charge in [0, 0.05) is 5.56 Å². The monoisotopic (exact) mass is 330 g/mol. The summed E-state index contributed by atoms with van der Waals surface area (Å²) < 4.78 is 20.0. The first-order valence-corrected chi connectivity index (χ1v) is 6.37. The Morgan fingerprint density at radius 2 is 2.26 bits per heavy atom. The van der Waals surface area contributed by atoms with Crippen molar-refractivity contribution in [2.24, 2.45) is 0 Å². The van der Waals surface area contributed by atoms with E-state index in [4.69, 9.17) is 9.84 Å². The van der Waals surface area contributed by atoms with Crippen molar-refractivity contribution >= 4 is 15.9 Å². The second-order valence-corrected chi connectivity index (χ2v) is 4.52. The van der Waals surface area contributed by atoms with Gasteiger partial charge in [-0.05, 0) is 28.1 Å². The molecule has 0 bridgehead atoms. The summed E-state index contributed by atoms with van der Waals surface area (Å²) >= 11 is 3.20. The molecule has 102 valence electrons. The number of hydrogen-bond donors (Lipinski definition) is 1. The van der Waals surface area contributed by atoms with E-state index in [-0.39, 0.29) is 13.2 Å². The summed E-state index contributed by atoms with van der Waals surface area (Å²) in [5, 5.41) is 16.5. The minimum absolute atomic E-state index is 0.0255. The van der Waals surface area contributed by atoms with E-state index in [1.165, 1.54) is 6.07 Å². The average molecular weight is 331 g/mol. The maximum Gasteiger partial charge on any atom is 0.213 e. The van der Waals surface area contributed by atoms with Crippen molar-refractivity contribution < 1.29 is 14.2 Å². The highest BCUT2D eigenvalue weighted by atomic mass is 79.9. The zero-order chi connectivity index (χ0) is 13.7. The molecule has 6 nitrogen and oxygen atoms in total. The number of pyridine rings is 1. The van der Waals surface area contributed by atoms with Crippen LogP contribution in [0.15, 0.2) is 22.9 Å². The topological polar surface area (TPSA) is 73.1 Å². The van der Waals surface area contributed by atoms with Crippen LogP contribution >= 0.6 is 15.9 Å². The molecule has 0 atom stereocenters. The Morgan fingerprint density at radius 3 is 3.00 bits per heavy atom. The van der Waals surface area contributed by atoms with Crippen molar-refractivity contribution in [3.05, 3.63) is 40.1 Å². The van der Waals surface area contributed by atoms with Gasteiger partial charge in [-0.1, -0.05) is 5.21 Å². The van der Waals surface area contributed by atoms with Crippen molar-refractivity contribution in [2.75, 3.05) is 13.2 Å². The molecule has 2 heterocycles. The van der Waals surface area contributed by atoms with Gasteiger partial charge in [-0.25, -0.2) is 9.67 Å². The van der Waals surface area contributed by atoms with Crippen LogP contribution in [0.5, 0.6) is 0 Å². The van der Waals surface area contributed by atoms with Crippen LogP contribution in [0.25, 0.3) is 0 Å². The van der Waals surface area contributed by atoms with Crippen LogP contribution in [0.1, 0.15) is 11.3 Å². The lowest BCUT2D eigenvalue weighted by molar-refractivity contribution is 0.0796. The van der Waals surface area contributed by atoms with E-state index in [2.05, 4.69) is 31.2 Å². The Kier molecular flexibility index (Phi) is 4.94. The van der Waals surface area contributed by atoms with Gasteiger partial charge in [0.2, 0.25) is 5.95 Å². The molecule has 0 saturated heterocycles. The van der Waals surface area contributed by atoms with Crippen LogP contribution in [0, 0.1) is 5.95 Å². The first-order valence-electron chi connectivity index (χ1n) is 5.57. The lowest BCUT2D eigenvalue weighted by Crippen LogP contribution is -2.03. The fourth-order valence-corrected chi connectivity index (χ4v) is 1.88. The standard InChI is InChI=1S/C11H12BrFN4O2/c12-11-8(1-2-10(13)14-11)5-17-6-9(15-16-17)7-19-4-3-18/h1-2,6,18H,3-5,7H2. The van der Waals surface area contributed by atoms with Crippen LogP contribution < -0.4 is 0 Å². The number of hydrogen-bond acceptors (Lipinski definition) is 5. The molecular formula is C11H12BrFN4O2. The number of aliphatic hydroxyl groups is 1. The molecule has 19 heavy (non-hydrogen) atoms. The van der Waals surface area contributed by atoms with E-state index in [0.717, 1.165) is 5.56 Å². The number of aliphatic hydroxyl groups excluding tert-OH is 1. The van der Waals surface area contributed by atoms with Crippen molar-refractivity contribution in [2.45, 2.75) is 13.2 Å². The van der Waals surface area contributed by atoms with Crippen molar-refractivity contribution in [3.8, 4) is 0 Å². The van der Waals surface area contributed by atoms with Crippen LogP contribution in [0.3, 0.4) is 0 Å². The van der Waals surface area contributed by atoms with Gasteiger partial charge in [0.25, 0.3) is 0 Å². The van der Waals surface area contributed by atoms with Crippen molar-refractivity contribution in [1.82, 2.24) is 20.0 Å². The predicted octanol–water partition coefficient (Wildman–Crippen LogP) is 1.13. The highest BCUT2D eigenvalue weighted by molar-refractivity contribution is 9.10. The van der Waals surface area contributed by atoms with Gasteiger partial charge in [-0.3, -0.25) is 0 Å². The van der Waals surface area contributed by atoms with E-state index in [1.54, 1.807) is 16.9 Å². The van der Waals surface area contributed by atoms with Gasteiger partial charge in [-0.2, -0.15) is 4.39 Å². The molecule has 0 aromatic carbocycles. The second-order valence-electron chi connectivity index (χ2n) is 3.77. The predicted molar refractivity (Wildman–Crippen MR) is 67.8 cm³/mol. The zero-order valence-corrected chi connectivity index (χ0v) is 11.5. The first kappa shape index (κ1) is 14.0. The second kappa shape index (κ2) is 6.69. The third-order valence-corrected chi connectivity index (χ3v) is 2.98. The van der Waals surface area contributed by atoms with Gasteiger partial charge in [0.15, 0.2) is 0 Å². The minimum Gasteiger partial charge on any atom is -0.394 e. The van der Waals surface area contributed by atoms with Crippen molar-refractivity contribution in [3.63, 3.8) is 0 Å². The van der Waals surface area contributed by atoms with Crippen LogP contribution in [0.2, 0.25) is 0 Å². The maximum absolute atomic E-state index is 12.9. The molecule has 0 radical (unpaired) electrons. The van der Waals surface area contributed by atoms with Gasteiger partial charge >= 0.3 is 0 Å². The lowest BCUT2D eigenvalue weighted by atomic mass is 10.3. The molecule has 0 aliphatic heterocycles. The van der Waals surface area contributed by atoms with Gasteiger partial charge in [0.1, 0.15) is 10.3 Å². The summed E-state index contributed by atoms with van der Waals surface area (Å²) in [7, 11) is 0. The lowest BCUT2D eigenvalue weighted by Gasteiger charge is -2.03. The largest absolute Gasteiger partial charge is 0.394 e. The molecule has 0 spiro atoms. The molecule has 0 aliphatic carbocycles. The van der Waals surface area contributed by atoms with E-state index >= 15 is 0 Å². The first-order chi connectivity index (χ1) is 9.19. The molecule has 0 aliphatic rings. The maximum atomic E-state index is 12.9. The smallest absolute Gasteiger partial charge is 0.213 e. The molecule has 2 rings (SSSR count). The zero-order valence-electron chi connectivity index (χ0n) is 9.96. The van der Waals surface area contributed by atoms with Crippen LogP contribution in [-0.4, -0.2) is 38.3 Å². The van der Waals surface area contributed by atoms with Crippen LogP contribution in [-0.2, 0) is 17.9 Å². The van der Waals surface area contributed by atoms with E-state index in [9.17, 15) is 4.39 Å². The Labute approximate surface area is 117 Å². The number of nitrogens with zero attached hydrogens (tertiary/aromatic N) is 4. The summed E-state index contributed by atoms with van der Waals surface area (Å²) in [5.74, 6) is -0.535. The number of ether oxygens (including phenoxy) is 1. The molecule has 1 N–H and O–H groups in total. The number of rotatable bonds is 6. The minimum atomic E-state index is -0.535. The molecule has 8 heteroatoms. The molecule has 0 saturated carbocycles. The van der Waals surface area contributed by atoms with E-state index < -0.39 is 5.95 Å². The summed E-state index contributed by atoms with van der Waals surface area (Å²) in [6.45, 7) is 0.965. The Hall–Kier alpha value is -1.38. The van der Waals surface area contributed by atoms with Gasteiger partial charge in [0.05, 0.1) is 32.6 Å². The molecule has 0 amide bonds.